The standard InChI is InChI=1S/C28H37N3O/c32-28(31-21-19-30(20-22-31)23-26-11-5-2-6-12-26)16-15-27-14-8-18-29(24-27)17-7-13-25-9-3-1-4-10-25/h1-7,9-13,27H,8,14-24H2/b13-7+/t27-/m0/s1. The van der Waals surface area contributed by atoms with Gasteiger partial charge in [0, 0.05) is 52.2 Å². The molecule has 2 fully saturated rings. The van der Waals surface area contributed by atoms with E-state index < -0.39 is 0 Å². The number of carbonyl (C=O) groups excluding carboxylic acids is 1. The van der Waals surface area contributed by atoms with Crippen LogP contribution in [0.25, 0.3) is 6.08 Å². The number of nitrogens with zero attached hydrogens (tertiary/aromatic N) is 3. The summed E-state index contributed by atoms with van der Waals surface area (Å²) in [5.74, 6) is 1.00. The number of hydrogen-bond donors (Lipinski definition) is 0. The summed E-state index contributed by atoms with van der Waals surface area (Å²) >= 11 is 0. The third-order valence-electron chi connectivity index (χ3n) is 6.82. The van der Waals surface area contributed by atoms with E-state index in [0.29, 0.717) is 18.2 Å². The predicted octanol–water partition coefficient (Wildman–Crippen LogP) is 4.54. The zero-order chi connectivity index (χ0) is 22.0. The van der Waals surface area contributed by atoms with Gasteiger partial charge in [0.05, 0.1) is 0 Å². The third-order valence-corrected chi connectivity index (χ3v) is 6.82. The van der Waals surface area contributed by atoms with Crippen molar-refractivity contribution in [1.82, 2.24) is 14.7 Å². The lowest BCUT2D eigenvalue weighted by Crippen LogP contribution is -2.48. The van der Waals surface area contributed by atoms with E-state index in [1.54, 1.807) is 0 Å². The Hall–Kier alpha value is -2.43. The van der Waals surface area contributed by atoms with E-state index in [0.717, 1.165) is 52.2 Å². The van der Waals surface area contributed by atoms with Crippen LogP contribution in [0.3, 0.4) is 0 Å². The molecule has 4 heteroatoms. The zero-order valence-corrected chi connectivity index (χ0v) is 19.2. The zero-order valence-electron chi connectivity index (χ0n) is 19.2. The maximum absolute atomic E-state index is 12.8. The van der Waals surface area contributed by atoms with Crippen LogP contribution in [-0.2, 0) is 11.3 Å². The van der Waals surface area contributed by atoms with Crippen LogP contribution in [0.15, 0.2) is 66.7 Å². The first-order chi connectivity index (χ1) is 15.8. The minimum Gasteiger partial charge on any atom is -0.340 e. The summed E-state index contributed by atoms with van der Waals surface area (Å²) < 4.78 is 0. The Morgan fingerprint density at radius 3 is 2.34 bits per heavy atom. The van der Waals surface area contributed by atoms with Crippen molar-refractivity contribution in [2.75, 3.05) is 45.8 Å². The first-order valence-electron chi connectivity index (χ1n) is 12.2. The Bertz CT molecular complexity index is 843. The average Bonchev–Trinajstić information content (AvgIpc) is 2.85. The topological polar surface area (TPSA) is 26.8 Å². The van der Waals surface area contributed by atoms with Crippen LogP contribution >= 0.6 is 0 Å². The largest absolute Gasteiger partial charge is 0.340 e. The summed E-state index contributed by atoms with van der Waals surface area (Å²) in [5.41, 5.74) is 2.61. The number of hydrogen-bond acceptors (Lipinski definition) is 3. The Kier molecular flexibility index (Phi) is 8.52. The van der Waals surface area contributed by atoms with E-state index in [9.17, 15) is 4.79 Å². The molecule has 2 heterocycles. The second-order valence-electron chi connectivity index (χ2n) is 9.26. The molecule has 0 aromatic heterocycles. The number of rotatable bonds is 8. The summed E-state index contributed by atoms with van der Waals surface area (Å²) in [5, 5.41) is 0. The molecule has 0 saturated carbocycles. The summed E-state index contributed by atoms with van der Waals surface area (Å²) in [6.07, 6.45) is 8.73. The molecule has 0 bridgehead atoms. The highest BCUT2D eigenvalue weighted by Gasteiger charge is 2.24. The molecule has 2 aromatic carbocycles. The summed E-state index contributed by atoms with van der Waals surface area (Å²) in [6.45, 7) is 7.98. The lowest BCUT2D eigenvalue weighted by molar-refractivity contribution is -0.133. The second-order valence-corrected chi connectivity index (χ2v) is 9.26. The summed E-state index contributed by atoms with van der Waals surface area (Å²) in [7, 11) is 0. The van der Waals surface area contributed by atoms with Crippen LogP contribution in [0.4, 0.5) is 0 Å². The van der Waals surface area contributed by atoms with Crippen molar-refractivity contribution in [3.8, 4) is 0 Å². The number of benzene rings is 2. The predicted molar refractivity (Wildman–Crippen MR) is 132 cm³/mol. The van der Waals surface area contributed by atoms with Crippen LogP contribution in [0.5, 0.6) is 0 Å². The fourth-order valence-electron chi connectivity index (χ4n) is 4.94. The van der Waals surface area contributed by atoms with Gasteiger partial charge in [-0.15, -0.1) is 0 Å². The van der Waals surface area contributed by atoms with Gasteiger partial charge >= 0.3 is 0 Å². The van der Waals surface area contributed by atoms with Gasteiger partial charge in [-0.2, -0.15) is 0 Å². The van der Waals surface area contributed by atoms with Gasteiger partial charge in [0.1, 0.15) is 0 Å². The van der Waals surface area contributed by atoms with E-state index in [1.165, 1.54) is 30.5 Å². The molecular weight excluding hydrogens is 394 g/mol. The van der Waals surface area contributed by atoms with E-state index in [1.807, 2.05) is 0 Å². The number of carbonyl (C=O) groups is 1. The Morgan fingerprint density at radius 2 is 1.59 bits per heavy atom. The number of amides is 1. The van der Waals surface area contributed by atoms with Crippen LogP contribution in [0.2, 0.25) is 0 Å². The molecule has 4 rings (SSSR count). The molecule has 170 valence electrons. The van der Waals surface area contributed by atoms with E-state index >= 15 is 0 Å². The maximum Gasteiger partial charge on any atom is 0.222 e. The van der Waals surface area contributed by atoms with Gasteiger partial charge in [-0.05, 0) is 42.9 Å². The molecule has 32 heavy (non-hydrogen) atoms. The van der Waals surface area contributed by atoms with Crippen LogP contribution < -0.4 is 0 Å². The Morgan fingerprint density at radius 1 is 0.875 bits per heavy atom. The molecule has 0 aliphatic carbocycles. The highest BCUT2D eigenvalue weighted by atomic mass is 16.2. The molecule has 2 aliphatic rings. The molecule has 0 spiro atoms. The molecule has 2 aliphatic heterocycles. The maximum atomic E-state index is 12.8. The fraction of sp³-hybridized carbons (Fsp3) is 0.464. The van der Waals surface area contributed by atoms with Gasteiger partial charge in [-0.3, -0.25) is 14.6 Å². The van der Waals surface area contributed by atoms with Gasteiger partial charge in [0.25, 0.3) is 0 Å². The molecule has 1 atom stereocenters. The molecule has 2 saturated heterocycles. The van der Waals surface area contributed by atoms with E-state index in [2.05, 4.69) is 87.5 Å². The highest BCUT2D eigenvalue weighted by molar-refractivity contribution is 5.76. The minimum absolute atomic E-state index is 0.352. The van der Waals surface area contributed by atoms with Crippen LogP contribution in [0, 0.1) is 5.92 Å². The van der Waals surface area contributed by atoms with Crippen molar-refractivity contribution in [3.05, 3.63) is 77.9 Å². The molecule has 4 nitrogen and oxygen atoms in total. The minimum atomic E-state index is 0.352. The van der Waals surface area contributed by atoms with Gasteiger partial charge < -0.3 is 4.90 Å². The van der Waals surface area contributed by atoms with Crippen molar-refractivity contribution in [3.63, 3.8) is 0 Å². The van der Waals surface area contributed by atoms with Crippen LogP contribution in [0.1, 0.15) is 36.8 Å². The summed E-state index contributed by atoms with van der Waals surface area (Å²) in [4.78, 5) is 19.9. The second kappa shape index (κ2) is 12.0. The molecule has 2 aromatic rings. The first-order valence-corrected chi connectivity index (χ1v) is 12.2. The number of piperidine rings is 1. The van der Waals surface area contributed by atoms with Crippen molar-refractivity contribution >= 4 is 12.0 Å². The highest BCUT2D eigenvalue weighted by Crippen LogP contribution is 2.22. The number of piperazine rings is 1. The Labute approximate surface area is 193 Å². The molecule has 0 unspecified atom stereocenters. The smallest absolute Gasteiger partial charge is 0.222 e. The molecule has 0 radical (unpaired) electrons. The van der Waals surface area contributed by atoms with Gasteiger partial charge in [-0.25, -0.2) is 0 Å². The van der Waals surface area contributed by atoms with Gasteiger partial charge in [0.15, 0.2) is 0 Å². The average molecular weight is 432 g/mol. The van der Waals surface area contributed by atoms with E-state index in [-0.39, 0.29) is 0 Å². The van der Waals surface area contributed by atoms with Crippen molar-refractivity contribution in [2.45, 2.75) is 32.2 Å². The lowest BCUT2D eigenvalue weighted by Gasteiger charge is -2.35. The van der Waals surface area contributed by atoms with Crippen molar-refractivity contribution < 1.29 is 4.79 Å². The number of likely N-dealkylation sites (tertiary alicyclic amines) is 1. The van der Waals surface area contributed by atoms with Gasteiger partial charge in [0.2, 0.25) is 5.91 Å². The van der Waals surface area contributed by atoms with Gasteiger partial charge in [-0.1, -0.05) is 72.8 Å². The lowest BCUT2D eigenvalue weighted by atomic mass is 9.93. The molecular formula is C28H37N3O. The SMILES string of the molecule is O=C(CC[C@@H]1CCCN(C/C=C/c2ccccc2)C1)N1CCN(Cc2ccccc2)CC1. The quantitative estimate of drug-likeness (QED) is 0.614. The molecule has 1 amide bonds. The van der Waals surface area contributed by atoms with Crippen molar-refractivity contribution in [1.29, 1.82) is 0 Å². The van der Waals surface area contributed by atoms with E-state index in [4.69, 9.17) is 0 Å². The molecule has 0 N–H and O–H groups in total. The Balaban J connectivity index is 1.14. The van der Waals surface area contributed by atoms with Crippen molar-refractivity contribution in [2.24, 2.45) is 5.92 Å². The normalized spacial score (nSPS) is 20.6. The fourth-order valence-corrected chi connectivity index (χ4v) is 4.94. The third kappa shape index (κ3) is 7.04. The summed E-state index contributed by atoms with van der Waals surface area (Å²) in [6, 6.07) is 21.1. The van der Waals surface area contributed by atoms with Crippen LogP contribution in [-0.4, -0.2) is 66.4 Å². The monoisotopic (exact) mass is 431 g/mol. The first kappa shape index (κ1) is 22.8.